The van der Waals surface area contributed by atoms with Crippen molar-refractivity contribution in [2.45, 2.75) is 32.2 Å². The van der Waals surface area contributed by atoms with Gasteiger partial charge in [-0.1, -0.05) is 42.5 Å². The van der Waals surface area contributed by atoms with Crippen LogP contribution in [0.25, 0.3) is 5.57 Å². The summed E-state index contributed by atoms with van der Waals surface area (Å²) in [6.07, 6.45) is 11.8. The second-order valence-corrected chi connectivity index (χ2v) is 8.07. The molecule has 1 atom stereocenters. The molecule has 0 radical (unpaired) electrons. The summed E-state index contributed by atoms with van der Waals surface area (Å²) in [5.41, 5.74) is 4.16. The molecule has 0 fully saturated rings. The number of aryl methyl sites for hydroxylation is 1. The Balaban J connectivity index is 1.67. The van der Waals surface area contributed by atoms with Gasteiger partial charge < -0.3 is 14.8 Å². The number of carbonyl (C=O) groups is 1. The van der Waals surface area contributed by atoms with E-state index < -0.39 is 0 Å². The fourth-order valence-corrected chi connectivity index (χ4v) is 3.69. The van der Waals surface area contributed by atoms with Crippen molar-refractivity contribution >= 4 is 11.5 Å². The van der Waals surface area contributed by atoms with E-state index >= 15 is 0 Å². The predicted molar refractivity (Wildman–Crippen MR) is 137 cm³/mol. The van der Waals surface area contributed by atoms with Crippen LogP contribution >= 0.6 is 0 Å². The lowest BCUT2D eigenvalue weighted by Crippen LogP contribution is -2.31. The molecular formula is C29H32N2O3. The highest BCUT2D eigenvalue weighted by molar-refractivity contribution is 5.89. The van der Waals surface area contributed by atoms with Crippen molar-refractivity contribution in [3.8, 4) is 11.5 Å². The van der Waals surface area contributed by atoms with Crippen LogP contribution < -0.4 is 14.8 Å². The average Bonchev–Trinajstić information content (AvgIpc) is 2.87. The van der Waals surface area contributed by atoms with Crippen LogP contribution in [0.3, 0.4) is 0 Å². The van der Waals surface area contributed by atoms with Crippen molar-refractivity contribution in [1.82, 2.24) is 10.3 Å². The SMILES string of the molecule is COc1cccc(C(=CC=CC(=O)N[C@@H](C)CCCc2cccnc2)c2cccc(OC)c2)c1. The zero-order valence-corrected chi connectivity index (χ0v) is 20.0. The second-order valence-electron chi connectivity index (χ2n) is 8.07. The van der Waals surface area contributed by atoms with Crippen molar-refractivity contribution < 1.29 is 14.3 Å². The van der Waals surface area contributed by atoms with Gasteiger partial charge in [-0.3, -0.25) is 9.78 Å². The van der Waals surface area contributed by atoms with Gasteiger partial charge in [0.15, 0.2) is 0 Å². The number of pyridine rings is 1. The Morgan fingerprint density at radius 2 is 1.68 bits per heavy atom. The standard InChI is InChI=1S/C29H32N2O3/c1-22(9-4-10-23-11-8-18-30-21-23)31-29(32)17-7-16-28(24-12-5-14-26(19-24)33-2)25-13-6-15-27(20-25)34-3/h5-8,11-22H,4,9-10H2,1-3H3,(H,31,32)/t22-/m0/s1. The molecule has 0 aliphatic rings. The number of allylic oxidation sites excluding steroid dienone is 2. The molecule has 1 N–H and O–H groups in total. The summed E-state index contributed by atoms with van der Waals surface area (Å²) in [5.74, 6) is 1.43. The molecule has 5 nitrogen and oxygen atoms in total. The number of hydrogen-bond acceptors (Lipinski definition) is 4. The molecule has 0 spiro atoms. The quantitative estimate of drug-likeness (QED) is 0.301. The lowest BCUT2D eigenvalue weighted by atomic mass is 9.97. The number of amides is 1. The number of benzene rings is 2. The lowest BCUT2D eigenvalue weighted by Gasteiger charge is -2.12. The number of aromatic nitrogens is 1. The van der Waals surface area contributed by atoms with Crippen LogP contribution in [-0.4, -0.2) is 31.2 Å². The molecule has 0 aliphatic carbocycles. The zero-order valence-electron chi connectivity index (χ0n) is 20.0. The molecule has 5 heteroatoms. The number of carbonyl (C=O) groups excluding carboxylic acids is 1. The summed E-state index contributed by atoms with van der Waals surface area (Å²) in [4.78, 5) is 16.6. The first-order valence-corrected chi connectivity index (χ1v) is 11.5. The Bertz CT molecular complexity index is 1070. The van der Waals surface area contributed by atoms with E-state index in [0.717, 1.165) is 47.5 Å². The first-order chi connectivity index (χ1) is 16.6. The number of hydrogen-bond donors (Lipinski definition) is 1. The van der Waals surface area contributed by atoms with Crippen molar-refractivity contribution in [2.75, 3.05) is 14.2 Å². The summed E-state index contributed by atoms with van der Waals surface area (Å²) in [5, 5.41) is 3.05. The lowest BCUT2D eigenvalue weighted by molar-refractivity contribution is -0.117. The predicted octanol–water partition coefficient (Wildman–Crippen LogP) is 5.61. The second kappa shape index (κ2) is 13.0. The summed E-state index contributed by atoms with van der Waals surface area (Å²) >= 11 is 0. The molecule has 34 heavy (non-hydrogen) atoms. The van der Waals surface area contributed by atoms with Gasteiger partial charge in [0.05, 0.1) is 14.2 Å². The summed E-state index contributed by atoms with van der Waals surface area (Å²) < 4.78 is 10.8. The van der Waals surface area contributed by atoms with Crippen molar-refractivity contribution in [1.29, 1.82) is 0 Å². The summed E-state index contributed by atoms with van der Waals surface area (Å²) in [7, 11) is 3.30. The van der Waals surface area contributed by atoms with Crippen LogP contribution in [-0.2, 0) is 11.2 Å². The number of nitrogens with zero attached hydrogens (tertiary/aromatic N) is 1. The molecule has 0 saturated heterocycles. The van der Waals surface area contributed by atoms with Crippen LogP contribution in [0.4, 0.5) is 0 Å². The Morgan fingerprint density at radius 3 is 2.26 bits per heavy atom. The highest BCUT2D eigenvalue weighted by atomic mass is 16.5. The van der Waals surface area contributed by atoms with E-state index in [4.69, 9.17) is 9.47 Å². The molecule has 0 saturated carbocycles. The van der Waals surface area contributed by atoms with Crippen molar-refractivity contribution in [3.63, 3.8) is 0 Å². The van der Waals surface area contributed by atoms with E-state index in [2.05, 4.69) is 16.4 Å². The number of nitrogens with one attached hydrogen (secondary N) is 1. The maximum atomic E-state index is 12.5. The normalized spacial score (nSPS) is 11.6. The van der Waals surface area contributed by atoms with Crippen molar-refractivity contribution in [3.05, 3.63) is 108 Å². The molecule has 0 bridgehead atoms. The van der Waals surface area contributed by atoms with Gasteiger partial charge in [-0.15, -0.1) is 0 Å². The summed E-state index contributed by atoms with van der Waals surface area (Å²) in [6.45, 7) is 2.03. The topological polar surface area (TPSA) is 60.5 Å². The Morgan fingerprint density at radius 1 is 1.00 bits per heavy atom. The Kier molecular flexibility index (Phi) is 9.47. The van der Waals surface area contributed by atoms with Crippen LogP contribution in [0.2, 0.25) is 0 Å². The Hall–Kier alpha value is -3.86. The highest BCUT2D eigenvalue weighted by Crippen LogP contribution is 2.28. The van der Waals surface area contributed by atoms with E-state index in [1.54, 1.807) is 32.6 Å². The number of ether oxygens (including phenoxy) is 2. The maximum absolute atomic E-state index is 12.5. The van der Waals surface area contributed by atoms with Crippen LogP contribution in [0, 0.1) is 0 Å². The van der Waals surface area contributed by atoms with Gasteiger partial charge in [0, 0.05) is 24.5 Å². The van der Waals surface area contributed by atoms with Gasteiger partial charge >= 0.3 is 0 Å². The molecular weight excluding hydrogens is 424 g/mol. The van der Waals surface area contributed by atoms with Gasteiger partial charge in [-0.25, -0.2) is 0 Å². The van der Waals surface area contributed by atoms with Gasteiger partial charge in [0.2, 0.25) is 5.91 Å². The zero-order chi connectivity index (χ0) is 24.2. The first kappa shape index (κ1) is 24.8. The van der Waals surface area contributed by atoms with E-state index in [9.17, 15) is 4.79 Å². The van der Waals surface area contributed by atoms with E-state index in [1.807, 2.05) is 73.8 Å². The fraction of sp³-hybridized carbons (Fsp3) is 0.241. The molecule has 176 valence electrons. The molecule has 2 aromatic carbocycles. The largest absolute Gasteiger partial charge is 0.497 e. The minimum atomic E-state index is -0.110. The third kappa shape index (κ3) is 7.62. The molecule has 3 rings (SSSR count). The Labute approximate surface area is 202 Å². The first-order valence-electron chi connectivity index (χ1n) is 11.5. The van der Waals surface area contributed by atoms with Crippen LogP contribution in [0.5, 0.6) is 11.5 Å². The van der Waals surface area contributed by atoms with E-state index in [-0.39, 0.29) is 11.9 Å². The molecule has 1 aromatic heterocycles. The smallest absolute Gasteiger partial charge is 0.244 e. The molecule has 0 aliphatic heterocycles. The minimum absolute atomic E-state index is 0.0917. The maximum Gasteiger partial charge on any atom is 0.244 e. The number of rotatable bonds is 11. The monoisotopic (exact) mass is 456 g/mol. The molecule has 3 aromatic rings. The fourth-order valence-electron chi connectivity index (χ4n) is 3.69. The van der Waals surface area contributed by atoms with Crippen LogP contribution in [0.15, 0.2) is 91.3 Å². The van der Waals surface area contributed by atoms with Crippen LogP contribution in [0.1, 0.15) is 36.5 Å². The molecule has 1 heterocycles. The van der Waals surface area contributed by atoms with E-state index in [1.165, 1.54) is 5.56 Å². The third-order valence-corrected chi connectivity index (χ3v) is 5.49. The summed E-state index contributed by atoms with van der Waals surface area (Å²) in [6, 6.07) is 19.8. The van der Waals surface area contributed by atoms with Gasteiger partial charge in [0.25, 0.3) is 0 Å². The van der Waals surface area contributed by atoms with Gasteiger partial charge in [0.1, 0.15) is 11.5 Å². The average molecular weight is 457 g/mol. The minimum Gasteiger partial charge on any atom is -0.497 e. The van der Waals surface area contributed by atoms with Crippen molar-refractivity contribution in [2.24, 2.45) is 0 Å². The third-order valence-electron chi connectivity index (χ3n) is 5.49. The van der Waals surface area contributed by atoms with E-state index in [0.29, 0.717) is 0 Å². The van der Waals surface area contributed by atoms with Gasteiger partial charge in [-0.05, 0) is 78.8 Å². The molecule has 1 amide bonds. The number of methoxy groups -OCH3 is 2. The highest BCUT2D eigenvalue weighted by Gasteiger charge is 2.08. The molecule has 0 unspecified atom stereocenters. The van der Waals surface area contributed by atoms with Gasteiger partial charge in [-0.2, -0.15) is 0 Å².